The van der Waals surface area contributed by atoms with Crippen LogP contribution in [0.5, 0.6) is 5.75 Å². The van der Waals surface area contributed by atoms with Crippen LogP contribution >= 0.6 is 0 Å². The Morgan fingerprint density at radius 3 is 2.45 bits per heavy atom. The lowest BCUT2D eigenvalue weighted by Gasteiger charge is -2.36. The zero-order valence-electron chi connectivity index (χ0n) is 23.3. The average Bonchev–Trinajstić information content (AvgIpc) is 2.96. The Kier molecular flexibility index (Phi) is 7.85. The van der Waals surface area contributed by atoms with E-state index < -0.39 is 15.3 Å². The number of nitrogens with two attached hydrogens (primary N) is 1. The number of nitrogens with one attached hydrogen (secondary N) is 1. The normalized spacial score (nSPS) is 19.3. The number of aliphatic imine (C=N–C) groups is 1. The third kappa shape index (κ3) is 5.70. The van der Waals surface area contributed by atoms with E-state index in [0.29, 0.717) is 23.4 Å². The van der Waals surface area contributed by atoms with E-state index in [1.54, 1.807) is 13.0 Å². The maximum atomic E-state index is 13.6. The van der Waals surface area contributed by atoms with Crippen LogP contribution in [0.15, 0.2) is 71.7 Å². The van der Waals surface area contributed by atoms with Crippen molar-refractivity contribution in [2.75, 3.05) is 24.4 Å². The largest absolute Gasteiger partial charge is 0.490 e. The molecule has 0 aliphatic carbocycles. The summed E-state index contributed by atoms with van der Waals surface area (Å²) in [5, 5.41) is 7.24. The molecule has 0 bridgehead atoms. The van der Waals surface area contributed by atoms with Crippen molar-refractivity contribution in [2.24, 2.45) is 10.7 Å². The first-order valence-corrected chi connectivity index (χ1v) is 15.2. The van der Waals surface area contributed by atoms with Crippen LogP contribution in [0.4, 0.5) is 5.69 Å². The van der Waals surface area contributed by atoms with Gasteiger partial charge in [0.05, 0.1) is 23.3 Å². The molecule has 0 amide bonds. The number of nitrogens with zero attached hydrogens (tertiary/aromatic N) is 3. The molecule has 210 valence electrons. The summed E-state index contributed by atoms with van der Waals surface area (Å²) in [4.78, 5) is 6.56. The Balaban J connectivity index is 1.40. The molecule has 0 saturated carbocycles. The van der Waals surface area contributed by atoms with E-state index in [9.17, 15) is 8.42 Å². The number of rotatable bonds is 6. The Morgan fingerprint density at radius 2 is 1.75 bits per heavy atom. The van der Waals surface area contributed by atoms with Gasteiger partial charge >= 0.3 is 0 Å². The van der Waals surface area contributed by atoms with Gasteiger partial charge in [-0.2, -0.15) is 0 Å². The molecule has 0 aromatic heterocycles. The Labute approximate surface area is 237 Å². The summed E-state index contributed by atoms with van der Waals surface area (Å²) in [6, 6.07) is 21.2. The second kappa shape index (κ2) is 11.3. The van der Waals surface area contributed by atoms with E-state index >= 15 is 0 Å². The third-order valence-electron chi connectivity index (χ3n) is 7.93. The number of piperidine rings is 1. The molecule has 3 aromatic rings. The fourth-order valence-corrected chi connectivity index (χ4v) is 7.08. The molecular weight excluding hydrogens is 522 g/mol. The maximum Gasteiger partial charge on any atom is 0.238 e. The quantitative estimate of drug-likeness (QED) is 0.333. The van der Waals surface area contributed by atoms with Gasteiger partial charge in [-0.15, -0.1) is 0 Å². The molecule has 3 N–H and O–H groups in total. The summed E-state index contributed by atoms with van der Waals surface area (Å²) in [5.74, 6) is 1.75. The summed E-state index contributed by atoms with van der Waals surface area (Å²) in [5.41, 5.74) is 10.8. The number of ether oxygens (including phenoxy) is 1. The van der Waals surface area contributed by atoms with Gasteiger partial charge in [-0.1, -0.05) is 42.5 Å². The highest BCUT2D eigenvalue weighted by atomic mass is 32.2. The SMILES string of the molecule is CN=C(C)N1CCC(Oc2ccc3c(c2)N(Cc2cccc(-c4cccc(C(=N)N)c4)c2)S(=O)(=O)C(C)C3)CC1. The summed E-state index contributed by atoms with van der Waals surface area (Å²) in [6.45, 7) is 5.80. The van der Waals surface area contributed by atoms with Gasteiger partial charge in [-0.3, -0.25) is 14.7 Å². The number of likely N-dealkylation sites (tertiary alicyclic amines) is 1. The predicted octanol–water partition coefficient (Wildman–Crippen LogP) is 4.81. The van der Waals surface area contributed by atoms with E-state index in [2.05, 4.69) is 9.89 Å². The van der Waals surface area contributed by atoms with Crippen LogP contribution in [0.1, 0.15) is 43.4 Å². The van der Waals surface area contributed by atoms with E-state index in [0.717, 1.165) is 54.0 Å². The molecule has 1 saturated heterocycles. The highest BCUT2D eigenvalue weighted by Crippen LogP contribution is 2.37. The minimum absolute atomic E-state index is 0.0107. The topological polar surface area (TPSA) is 112 Å². The van der Waals surface area contributed by atoms with Crippen LogP contribution in [0.3, 0.4) is 0 Å². The highest BCUT2D eigenvalue weighted by molar-refractivity contribution is 7.93. The van der Waals surface area contributed by atoms with Crippen LogP contribution in [-0.2, 0) is 23.0 Å². The lowest BCUT2D eigenvalue weighted by atomic mass is 10.0. The molecule has 2 heterocycles. The molecular formula is C31H37N5O3S. The smallest absolute Gasteiger partial charge is 0.238 e. The van der Waals surface area contributed by atoms with Gasteiger partial charge in [0, 0.05) is 44.6 Å². The first-order valence-electron chi connectivity index (χ1n) is 13.7. The van der Waals surface area contributed by atoms with Gasteiger partial charge in [-0.05, 0) is 60.7 Å². The van der Waals surface area contributed by atoms with Crippen LogP contribution in [0, 0.1) is 5.41 Å². The van der Waals surface area contributed by atoms with Crippen LogP contribution < -0.4 is 14.8 Å². The van der Waals surface area contributed by atoms with Crippen LogP contribution in [0.25, 0.3) is 11.1 Å². The van der Waals surface area contributed by atoms with Crippen molar-refractivity contribution in [1.29, 1.82) is 5.41 Å². The van der Waals surface area contributed by atoms with Crippen molar-refractivity contribution in [1.82, 2.24) is 4.90 Å². The van der Waals surface area contributed by atoms with Crippen molar-refractivity contribution in [3.8, 4) is 16.9 Å². The number of anilines is 1. The highest BCUT2D eigenvalue weighted by Gasteiger charge is 2.36. The zero-order valence-corrected chi connectivity index (χ0v) is 24.1. The second-order valence-electron chi connectivity index (χ2n) is 10.6. The van der Waals surface area contributed by atoms with Crippen LogP contribution in [-0.4, -0.2) is 56.5 Å². The zero-order chi connectivity index (χ0) is 28.4. The summed E-state index contributed by atoms with van der Waals surface area (Å²) < 4.78 is 35.1. The van der Waals surface area contributed by atoms with Gasteiger partial charge in [0.1, 0.15) is 17.7 Å². The van der Waals surface area contributed by atoms with E-state index in [1.165, 1.54) is 4.31 Å². The minimum Gasteiger partial charge on any atom is -0.490 e. The molecule has 40 heavy (non-hydrogen) atoms. The number of hydrogen-bond acceptors (Lipinski definition) is 5. The molecule has 0 radical (unpaired) electrons. The summed E-state index contributed by atoms with van der Waals surface area (Å²) >= 11 is 0. The fourth-order valence-electron chi connectivity index (χ4n) is 5.48. The van der Waals surface area contributed by atoms with Crippen molar-refractivity contribution in [3.05, 3.63) is 83.4 Å². The first kappa shape index (κ1) is 27.7. The maximum absolute atomic E-state index is 13.6. The number of amidine groups is 2. The number of benzene rings is 3. The Morgan fingerprint density at radius 1 is 1.05 bits per heavy atom. The molecule has 0 spiro atoms. The molecule has 9 heteroatoms. The minimum atomic E-state index is -3.57. The number of hydrogen-bond donors (Lipinski definition) is 2. The predicted molar refractivity (Wildman–Crippen MR) is 162 cm³/mol. The standard InChI is InChI=1S/C31H37N5O3S/c1-21-16-26-10-11-29(39-28-12-14-35(15-13-28)22(2)34-3)19-30(26)36(40(21,37)38)20-23-6-4-7-24(17-23)25-8-5-9-27(18-25)31(32)33/h4-11,17-19,21,28H,12-16,20H2,1-3H3,(H3,32,33). The Hall–Kier alpha value is -3.85. The molecule has 5 rings (SSSR count). The van der Waals surface area contributed by atoms with Crippen molar-refractivity contribution in [3.63, 3.8) is 0 Å². The molecule has 8 nitrogen and oxygen atoms in total. The van der Waals surface area contributed by atoms with E-state index in [1.807, 2.05) is 74.6 Å². The van der Waals surface area contributed by atoms with Crippen molar-refractivity contribution in [2.45, 2.75) is 51.0 Å². The van der Waals surface area contributed by atoms with E-state index in [-0.39, 0.29) is 18.5 Å². The van der Waals surface area contributed by atoms with E-state index in [4.69, 9.17) is 15.9 Å². The molecule has 2 aliphatic rings. The average molecular weight is 560 g/mol. The molecule has 3 aromatic carbocycles. The second-order valence-corrected chi connectivity index (χ2v) is 12.9. The van der Waals surface area contributed by atoms with Gasteiger partial charge < -0.3 is 15.4 Å². The first-order chi connectivity index (χ1) is 19.2. The lowest BCUT2D eigenvalue weighted by molar-refractivity contribution is 0.131. The van der Waals surface area contributed by atoms with Gasteiger partial charge in [0.15, 0.2) is 0 Å². The molecule has 2 aliphatic heterocycles. The summed E-state index contributed by atoms with van der Waals surface area (Å²) in [7, 11) is -1.75. The number of sulfonamides is 1. The summed E-state index contributed by atoms with van der Waals surface area (Å²) in [6.07, 6.45) is 2.33. The third-order valence-corrected chi connectivity index (χ3v) is 10.1. The number of fused-ring (bicyclic) bond motifs is 1. The monoisotopic (exact) mass is 559 g/mol. The van der Waals surface area contributed by atoms with Crippen molar-refractivity contribution < 1.29 is 13.2 Å². The number of nitrogen functional groups attached to an aromatic ring is 1. The van der Waals surface area contributed by atoms with Gasteiger partial charge in [0.2, 0.25) is 10.0 Å². The van der Waals surface area contributed by atoms with Gasteiger partial charge in [-0.25, -0.2) is 8.42 Å². The molecule has 1 fully saturated rings. The van der Waals surface area contributed by atoms with Crippen molar-refractivity contribution >= 4 is 27.4 Å². The van der Waals surface area contributed by atoms with Gasteiger partial charge in [0.25, 0.3) is 0 Å². The molecule has 1 unspecified atom stereocenters. The lowest BCUT2D eigenvalue weighted by Crippen LogP contribution is -2.42. The Bertz CT molecular complexity index is 1540. The van der Waals surface area contributed by atoms with Crippen LogP contribution in [0.2, 0.25) is 0 Å². The molecule has 1 atom stereocenters. The fraction of sp³-hybridized carbons (Fsp3) is 0.355.